The maximum absolute atomic E-state index is 12.9. The van der Waals surface area contributed by atoms with Crippen LogP contribution in [0.1, 0.15) is 10.5 Å². The Bertz CT molecular complexity index is 775. The van der Waals surface area contributed by atoms with Gasteiger partial charge in [-0.05, 0) is 36.4 Å². The average Bonchev–Trinajstić information content (AvgIpc) is 2.47. The van der Waals surface area contributed by atoms with Crippen LogP contribution in [0.5, 0.6) is 0 Å². The number of nitrogens with zero attached hydrogens (tertiary/aromatic N) is 2. The molecule has 1 heterocycles. The Hall–Kier alpha value is -2.48. The molecule has 0 atom stereocenters. The van der Waals surface area contributed by atoms with E-state index in [0.717, 1.165) is 34.6 Å². The highest BCUT2D eigenvalue weighted by Gasteiger charge is 2.22. The second-order valence-electron chi connectivity index (χ2n) is 4.13. The van der Waals surface area contributed by atoms with E-state index >= 15 is 0 Å². The number of pyridine rings is 1. The minimum Gasteiger partial charge on any atom is -0.477 e. The molecule has 0 unspecified atom stereocenters. The van der Waals surface area contributed by atoms with Gasteiger partial charge in [0, 0.05) is 13.2 Å². The van der Waals surface area contributed by atoms with E-state index in [1.54, 1.807) is 0 Å². The van der Waals surface area contributed by atoms with Gasteiger partial charge in [-0.15, -0.1) is 0 Å². The SMILES string of the molecule is CN(c1ccnc(C(=O)O)c1)S(=O)(=O)c1ccc(F)cc1. The molecule has 0 saturated heterocycles. The van der Waals surface area contributed by atoms with Crippen molar-refractivity contribution >= 4 is 21.7 Å². The number of aromatic nitrogens is 1. The number of anilines is 1. The third kappa shape index (κ3) is 3.00. The first kappa shape index (κ1) is 14.9. The van der Waals surface area contributed by atoms with Gasteiger partial charge in [-0.3, -0.25) is 4.31 Å². The number of carbonyl (C=O) groups is 1. The summed E-state index contributed by atoms with van der Waals surface area (Å²) in [5.74, 6) is -1.81. The van der Waals surface area contributed by atoms with Crippen LogP contribution in [0.2, 0.25) is 0 Å². The van der Waals surface area contributed by atoms with Crippen LogP contribution < -0.4 is 4.31 Å². The summed E-state index contributed by atoms with van der Waals surface area (Å²) in [6.45, 7) is 0. The van der Waals surface area contributed by atoms with Gasteiger partial charge in [0.15, 0.2) is 0 Å². The number of hydrogen-bond acceptors (Lipinski definition) is 4. The van der Waals surface area contributed by atoms with Crippen molar-refractivity contribution in [3.63, 3.8) is 0 Å². The number of benzene rings is 1. The lowest BCUT2D eigenvalue weighted by molar-refractivity contribution is 0.0690. The van der Waals surface area contributed by atoms with Crippen LogP contribution in [0.15, 0.2) is 47.5 Å². The summed E-state index contributed by atoms with van der Waals surface area (Å²) >= 11 is 0. The molecule has 2 rings (SSSR count). The zero-order valence-electron chi connectivity index (χ0n) is 10.9. The van der Waals surface area contributed by atoms with Gasteiger partial charge >= 0.3 is 5.97 Å². The normalized spacial score (nSPS) is 11.1. The Kier molecular flexibility index (Phi) is 3.90. The number of rotatable bonds is 4. The lowest BCUT2D eigenvalue weighted by atomic mass is 10.3. The van der Waals surface area contributed by atoms with Crippen LogP contribution in [0.4, 0.5) is 10.1 Å². The molecule has 1 aromatic carbocycles. The fourth-order valence-electron chi connectivity index (χ4n) is 1.64. The van der Waals surface area contributed by atoms with Gasteiger partial charge in [-0.1, -0.05) is 0 Å². The van der Waals surface area contributed by atoms with E-state index < -0.39 is 21.8 Å². The fourth-order valence-corrected chi connectivity index (χ4v) is 2.82. The first-order valence-corrected chi connectivity index (χ1v) is 7.20. The predicted molar refractivity (Wildman–Crippen MR) is 73.2 cm³/mol. The van der Waals surface area contributed by atoms with Crippen LogP contribution in [-0.2, 0) is 10.0 Å². The molecule has 0 aliphatic carbocycles. The zero-order valence-corrected chi connectivity index (χ0v) is 11.7. The summed E-state index contributed by atoms with van der Waals surface area (Å²) in [5, 5.41) is 8.87. The highest BCUT2D eigenvalue weighted by molar-refractivity contribution is 7.92. The summed E-state index contributed by atoms with van der Waals surface area (Å²) in [4.78, 5) is 14.4. The van der Waals surface area contributed by atoms with Gasteiger partial charge in [0.1, 0.15) is 11.5 Å². The van der Waals surface area contributed by atoms with Crippen LogP contribution in [0.3, 0.4) is 0 Å². The number of hydrogen-bond donors (Lipinski definition) is 1. The molecule has 0 radical (unpaired) electrons. The first-order valence-electron chi connectivity index (χ1n) is 5.76. The lowest BCUT2D eigenvalue weighted by Gasteiger charge is -2.19. The van der Waals surface area contributed by atoms with Crippen molar-refractivity contribution < 1.29 is 22.7 Å². The molecule has 0 saturated carbocycles. The standard InChI is InChI=1S/C13H11FN2O4S/c1-16(10-6-7-15-12(8-10)13(17)18)21(19,20)11-4-2-9(14)3-5-11/h2-8H,1H3,(H,17,18). The quantitative estimate of drug-likeness (QED) is 0.929. The first-order chi connectivity index (χ1) is 9.82. The minimum absolute atomic E-state index is 0.0971. The van der Waals surface area contributed by atoms with Crippen molar-refractivity contribution in [3.05, 3.63) is 54.1 Å². The van der Waals surface area contributed by atoms with Crippen LogP contribution in [0, 0.1) is 5.82 Å². The van der Waals surface area contributed by atoms with Gasteiger partial charge in [-0.25, -0.2) is 22.6 Å². The van der Waals surface area contributed by atoms with Gasteiger partial charge in [0.25, 0.3) is 10.0 Å². The van der Waals surface area contributed by atoms with Crippen molar-refractivity contribution in [2.75, 3.05) is 11.4 Å². The third-order valence-corrected chi connectivity index (χ3v) is 4.60. The number of sulfonamides is 1. The number of carboxylic acids is 1. The second-order valence-corrected chi connectivity index (χ2v) is 6.10. The summed E-state index contributed by atoms with van der Waals surface area (Å²) < 4.78 is 38.5. The Morgan fingerprint density at radius 1 is 1.24 bits per heavy atom. The molecule has 0 bridgehead atoms. The Morgan fingerprint density at radius 2 is 1.86 bits per heavy atom. The van der Waals surface area contributed by atoms with Crippen LogP contribution >= 0.6 is 0 Å². The van der Waals surface area contributed by atoms with Crippen LogP contribution in [0.25, 0.3) is 0 Å². The molecular formula is C13H11FN2O4S. The molecule has 0 aliphatic heterocycles. The molecule has 0 amide bonds. The maximum atomic E-state index is 12.9. The smallest absolute Gasteiger partial charge is 0.354 e. The minimum atomic E-state index is -3.91. The summed E-state index contributed by atoms with van der Waals surface area (Å²) in [7, 11) is -2.63. The molecule has 2 aromatic rings. The van der Waals surface area contributed by atoms with E-state index in [2.05, 4.69) is 4.98 Å². The molecule has 21 heavy (non-hydrogen) atoms. The summed E-state index contributed by atoms with van der Waals surface area (Å²) in [6, 6.07) is 6.86. The van der Waals surface area contributed by atoms with Crippen molar-refractivity contribution in [1.82, 2.24) is 4.98 Å². The number of carboxylic acid groups (broad SMARTS) is 1. The van der Waals surface area contributed by atoms with Gasteiger partial charge in [0.05, 0.1) is 10.6 Å². The summed E-state index contributed by atoms with van der Waals surface area (Å²) in [5.41, 5.74) is -0.125. The molecule has 1 N–H and O–H groups in total. The molecule has 1 aromatic heterocycles. The highest BCUT2D eigenvalue weighted by Crippen LogP contribution is 2.22. The van der Waals surface area contributed by atoms with E-state index in [1.807, 2.05) is 0 Å². The molecule has 0 fully saturated rings. The zero-order chi connectivity index (χ0) is 15.6. The lowest BCUT2D eigenvalue weighted by Crippen LogP contribution is -2.26. The largest absolute Gasteiger partial charge is 0.477 e. The van der Waals surface area contributed by atoms with E-state index in [-0.39, 0.29) is 16.3 Å². The Morgan fingerprint density at radius 3 is 2.43 bits per heavy atom. The third-order valence-electron chi connectivity index (χ3n) is 2.80. The van der Waals surface area contributed by atoms with Crippen LogP contribution in [-0.4, -0.2) is 31.5 Å². The van der Waals surface area contributed by atoms with Gasteiger partial charge < -0.3 is 5.11 Å². The van der Waals surface area contributed by atoms with Crippen molar-refractivity contribution in [2.24, 2.45) is 0 Å². The number of aromatic carboxylic acids is 1. The summed E-state index contributed by atoms with van der Waals surface area (Å²) in [6.07, 6.45) is 1.20. The molecule has 110 valence electrons. The monoisotopic (exact) mass is 310 g/mol. The average molecular weight is 310 g/mol. The predicted octanol–water partition coefficient (Wildman–Crippen LogP) is 1.74. The topological polar surface area (TPSA) is 87.6 Å². The van der Waals surface area contributed by atoms with E-state index in [0.29, 0.717) is 0 Å². The van der Waals surface area contributed by atoms with E-state index in [4.69, 9.17) is 5.11 Å². The maximum Gasteiger partial charge on any atom is 0.354 e. The molecule has 6 nitrogen and oxygen atoms in total. The number of halogens is 1. The molecular weight excluding hydrogens is 299 g/mol. The highest BCUT2D eigenvalue weighted by atomic mass is 32.2. The molecule has 0 spiro atoms. The second kappa shape index (κ2) is 5.49. The van der Waals surface area contributed by atoms with Crippen molar-refractivity contribution in [2.45, 2.75) is 4.90 Å². The van der Waals surface area contributed by atoms with Crippen molar-refractivity contribution in [1.29, 1.82) is 0 Å². The van der Waals surface area contributed by atoms with E-state index in [9.17, 15) is 17.6 Å². The molecule has 0 aliphatic rings. The molecule has 8 heteroatoms. The van der Waals surface area contributed by atoms with Gasteiger partial charge in [-0.2, -0.15) is 0 Å². The van der Waals surface area contributed by atoms with Gasteiger partial charge in [0.2, 0.25) is 0 Å². The Labute approximate surface area is 120 Å². The fraction of sp³-hybridized carbons (Fsp3) is 0.0769. The Balaban J connectivity index is 2.43. The van der Waals surface area contributed by atoms with E-state index in [1.165, 1.54) is 19.3 Å². The van der Waals surface area contributed by atoms with Crippen molar-refractivity contribution in [3.8, 4) is 0 Å².